The Balaban J connectivity index is 1.33. The summed E-state index contributed by atoms with van der Waals surface area (Å²) in [6.45, 7) is 0. The van der Waals surface area contributed by atoms with Crippen LogP contribution in [0.3, 0.4) is 0 Å². The van der Waals surface area contributed by atoms with Crippen molar-refractivity contribution < 1.29 is 8.83 Å². The number of hydrogen-bond donors (Lipinski definition) is 0. The third-order valence-corrected chi connectivity index (χ3v) is 9.85. The quantitative estimate of drug-likeness (QED) is 0.179. The molecule has 0 N–H and O–H groups in total. The Hall–Kier alpha value is -6.84. The van der Waals surface area contributed by atoms with Gasteiger partial charge in [-0.15, -0.1) is 0 Å². The fourth-order valence-electron chi connectivity index (χ4n) is 7.50. The third-order valence-electron chi connectivity index (χ3n) is 9.85. The summed E-state index contributed by atoms with van der Waals surface area (Å²) in [6.07, 6.45) is 0. The Morgan fingerprint density at radius 1 is 0.333 bits per heavy atom. The first-order valence-corrected chi connectivity index (χ1v) is 17.3. The second kappa shape index (κ2) is 11.9. The highest BCUT2D eigenvalue weighted by Crippen LogP contribution is 2.49. The van der Waals surface area contributed by atoms with Gasteiger partial charge < -0.3 is 13.7 Å². The molecule has 0 aliphatic heterocycles. The molecule has 0 aliphatic rings. The van der Waals surface area contributed by atoms with Gasteiger partial charge in [0, 0.05) is 27.2 Å². The smallest absolute Gasteiger partial charge is 0.160 e. The van der Waals surface area contributed by atoms with Crippen molar-refractivity contribution in [3.8, 4) is 33.4 Å². The van der Waals surface area contributed by atoms with E-state index in [1.165, 1.54) is 0 Å². The molecule has 2 heterocycles. The number of rotatable bonds is 6. The Labute approximate surface area is 295 Å². The molecule has 3 heteroatoms. The summed E-state index contributed by atoms with van der Waals surface area (Å²) in [5.74, 6) is 0. The largest absolute Gasteiger partial charge is 0.454 e. The molecule has 10 aromatic rings. The lowest BCUT2D eigenvalue weighted by atomic mass is 9.96. The van der Waals surface area contributed by atoms with Crippen LogP contribution in [0.5, 0.6) is 0 Å². The average molecular weight is 654 g/mol. The van der Waals surface area contributed by atoms with Crippen LogP contribution in [0.1, 0.15) is 0 Å². The summed E-state index contributed by atoms with van der Waals surface area (Å²) in [5, 5.41) is 4.32. The monoisotopic (exact) mass is 653 g/mol. The molecule has 0 amide bonds. The van der Waals surface area contributed by atoms with Crippen molar-refractivity contribution in [3.63, 3.8) is 0 Å². The predicted molar refractivity (Wildman–Crippen MR) is 212 cm³/mol. The van der Waals surface area contributed by atoms with Crippen LogP contribution in [0.2, 0.25) is 0 Å². The molecule has 0 fully saturated rings. The summed E-state index contributed by atoms with van der Waals surface area (Å²) in [5.41, 5.74) is 13.0. The van der Waals surface area contributed by atoms with Gasteiger partial charge >= 0.3 is 0 Å². The van der Waals surface area contributed by atoms with Crippen molar-refractivity contribution in [2.75, 3.05) is 4.90 Å². The van der Waals surface area contributed by atoms with E-state index in [1.807, 2.05) is 18.2 Å². The molecular formula is C48H31NO2. The van der Waals surface area contributed by atoms with Gasteiger partial charge in [0.25, 0.3) is 0 Å². The molecule has 0 atom stereocenters. The van der Waals surface area contributed by atoms with Crippen molar-refractivity contribution in [1.82, 2.24) is 0 Å². The molecule has 8 aromatic carbocycles. The van der Waals surface area contributed by atoms with Crippen molar-refractivity contribution >= 4 is 60.9 Å². The lowest BCUT2D eigenvalue weighted by molar-refractivity contribution is 0.666. The van der Waals surface area contributed by atoms with Crippen molar-refractivity contribution in [1.29, 1.82) is 0 Å². The minimum Gasteiger partial charge on any atom is -0.454 e. The lowest BCUT2D eigenvalue weighted by Gasteiger charge is -2.27. The number of anilines is 3. The average Bonchev–Trinajstić information content (AvgIpc) is 3.79. The molecule has 0 radical (unpaired) electrons. The number of benzene rings is 8. The highest BCUT2D eigenvalue weighted by Gasteiger charge is 2.25. The number of fused-ring (bicyclic) bond motifs is 6. The van der Waals surface area contributed by atoms with Crippen LogP contribution in [0, 0.1) is 0 Å². The van der Waals surface area contributed by atoms with Crippen LogP contribution in [-0.4, -0.2) is 0 Å². The second-order valence-corrected chi connectivity index (χ2v) is 12.9. The highest BCUT2D eigenvalue weighted by atomic mass is 16.3. The minimum absolute atomic E-state index is 0.817. The molecule has 240 valence electrons. The van der Waals surface area contributed by atoms with Gasteiger partial charge in [0.15, 0.2) is 11.2 Å². The predicted octanol–water partition coefficient (Wildman–Crippen LogP) is 14.0. The Bertz CT molecular complexity index is 2790. The molecule has 0 unspecified atom stereocenters. The van der Waals surface area contributed by atoms with Crippen LogP contribution in [0.4, 0.5) is 17.1 Å². The first-order valence-electron chi connectivity index (χ1n) is 17.3. The molecule has 0 spiro atoms. The maximum Gasteiger partial charge on any atom is 0.160 e. The fraction of sp³-hybridized carbons (Fsp3) is 0. The number of furan rings is 2. The lowest BCUT2D eigenvalue weighted by Crippen LogP contribution is -2.11. The van der Waals surface area contributed by atoms with Gasteiger partial charge in [0.1, 0.15) is 11.2 Å². The summed E-state index contributed by atoms with van der Waals surface area (Å²) in [4.78, 5) is 2.32. The van der Waals surface area contributed by atoms with Gasteiger partial charge in [-0.1, -0.05) is 146 Å². The zero-order valence-corrected chi connectivity index (χ0v) is 27.7. The molecule has 2 aromatic heterocycles. The standard InChI is InChI=1S/C48H31NO2/c1-4-15-32(16-5-1)35-29-36(33-17-6-2-7-18-33)31-37(30-35)49(42-24-14-23-40-39-21-10-12-25-44(39)50-47(40)42)43-28-27-38(34-19-8-3-9-20-34)46-41-22-11-13-26-45(41)51-48(43)46/h1-31H. The Morgan fingerprint density at radius 3 is 1.51 bits per heavy atom. The van der Waals surface area contributed by atoms with E-state index in [4.69, 9.17) is 8.83 Å². The topological polar surface area (TPSA) is 29.5 Å². The summed E-state index contributed by atoms with van der Waals surface area (Å²) in [7, 11) is 0. The van der Waals surface area contributed by atoms with Crippen LogP contribution in [-0.2, 0) is 0 Å². The Morgan fingerprint density at radius 2 is 0.843 bits per heavy atom. The third kappa shape index (κ3) is 4.90. The van der Waals surface area contributed by atoms with Crippen molar-refractivity contribution in [2.24, 2.45) is 0 Å². The van der Waals surface area contributed by atoms with Gasteiger partial charge in [-0.05, 0) is 75.8 Å². The molecule has 0 saturated heterocycles. The SMILES string of the molecule is c1ccc(-c2cc(-c3ccccc3)cc(N(c3cccc4c3oc3ccccc34)c3ccc(-c4ccccc4)c4c3oc3ccccc34)c2)cc1. The normalized spacial score (nSPS) is 11.5. The molecule has 0 saturated carbocycles. The van der Waals surface area contributed by atoms with Gasteiger partial charge in [-0.25, -0.2) is 0 Å². The summed E-state index contributed by atoms with van der Waals surface area (Å²) >= 11 is 0. The van der Waals surface area contributed by atoms with E-state index >= 15 is 0 Å². The maximum absolute atomic E-state index is 6.90. The first-order chi connectivity index (χ1) is 25.3. The zero-order chi connectivity index (χ0) is 33.7. The van der Waals surface area contributed by atoms with E-state index in [1.54, 1.807) is 0 Å². The molecule has 0 aliphatic carbocycles. The minimum atomic E-state index is 0.817. The van der Waals surface area contributed by atoms with E-state index < -0.39 is 0 Å². The van der Waals surface area contributed by atoms with Gasteiger partial charge in [0.05, 0.1) is 11.4 Å². The zero-order valence-electron chi connectivity index (χ0n) is 27.7. The Kier molecular flexibility index (Phi) is 6.81. The van der Waals surface area contributed by atoms with Crippen LogP contribution < -0.4 is 4.90 Å². The van der Waals surface area contributed by atoms with Gasteiger partial charge in [-0.2, -0.15) is 0 Å². The second-order valence-electron chi connectivity index (χ2n) is 12.9. The van der Waals surface area contributed by atoms with E-state index in [9.17, 15) is 0 Å². The molecule has 0 bridgehead atoms. The number of hydrogen-bond acceptors (Lipinski definition) is 3. The van der Waals surface area contributed by atoms with Crippen LogP contribution in [0.15, 0.2) is 197 Å². The molecule has 3 nitrogen and oxygen atoms in total. The first kappa shape index (κ1) is 29.1. The van der Waals surface area contributed by atoms with Crippen LogP contribution >= 0.6 is 0 Å². The summed E-state index contributed by atoms with van der Waals surface area (Å²) in [6, 6.07) is 66.1. The van der Waals surface area contributed by atoms with Crippen LogP contribution in [0.25, 0.3) is 77.3 Å². The highest BCUT2D eigenvalue weighted by molar-refractivity contribution is 6.18. The van der Waals surface area contributed by atoms with Gasteiger partial charge in [0.2, 0.25) is 0 Å². The number of para-hydroxylation sites is 3. The molecular weight excluding hydrogens is 623 g/mol. The molecule has 51 heavy (non-hydrogen) atoms. The van der Waals surface area contributed by atoms with Crippen molar-refractivity contribution in [2.45, 2.75) is 0 Å². The molecule has 10 rings (SSSR count). The van der Waals surface area contributed by atoms with E-state index in [0.717, 1.165) is 94.3 Å². The van der Waals surface area contributed by atoms with E-state index in [0.29, 0.717) is 0 Å². The fourth-order valence-corrected chi connectivity index (χ4v) is 7.50. The number of nitrogens with zero attached hydrogens (tertiary/aromatic N) is 1. The summed E-state index contributed by atoms with van der Waals surface area (Å²) < 4.78 is 13.6. The maximum atomic E-state index is 6.90. The van der Waals surface area contributed by atoms with E-state index in [-0.39, 0.29) is 0 Å². The van der Waals surface area contributed by atoms with Crippen molar-refractivity contribution in [3.05, 3.63) is 188 Å². The van der Waals surface area contributed by atoms with E-state index in [2.05, 4.69) is 175 Å². The van der Waals surface area contributed by atoms with Gasteiger partial charge in [-0.3, -0.25) is 0 Å².